The van der Waals surface area contributed by atoms with Crippen molar-refractivity contribution in [3.05, 3.63) is 71.9 Å². The average molecular weight is 429 g/mol. The van der Waals surface area contributed by atoms with E-state index in [4.69, 9.17) is 9.26 Å². The van der Waals surface area contributed by atoms with Crippen molar-refractivity contribution in [3.63, 3.8) is 0 Å². The Morgan fingerprint density at radius 1 is 1.16 bits per heavy atom. The van der Waals surface area contributed by atoms with Crippen molar-refractivity contribution < 1.29 is 14.1 Å². The molecule has 0 saturated heterocycles. The van der Waals surface area contributed by atoms with Gasteiger partial charge in [0.25, 0.3) is 5.91 Å². The van der Waals surface area contributed by atoms with Gasteiger partial charge in [0, 0.05) is 17.7 Å². The molecular weight excluding hydrogens is 406 g/mol. The fourth-order valence-corrected chi connectivity index (χ4v) is 3.69. The molecule has 0 unspecified atom stereocenters. The summed E-state index contributed by atoms with van der Waals surface area (Å²) in [6.07, 6.45) is 5.18. The second-order valence-electron chi connectivity index (χ2n) is 7.86. The second-order valence-corrected chi connectivity index (χ2v) is 7.86. The topological polar surface area (TPSA) is 95.1 Å². The zero-order valence-corrected chi connectivity index (χ0v) is 17.9. The van der Waals surface area contributed by atoms with Crippen LogP contribution in [0.4, 0.5) is 5.69 Å². The van der Waals surface area contributed by atoms with E-state index in [1.807, 2.05) is 43.3 Å². The maximum Gasteiger partial charge on any atom is 0.259 e. The number of aryl methyl sites for hydroxylation is 1. The van der Waals surface area contributed by atoms with Crippen LogP contribution in [-0.2, 0) is 0 Å². The van der Waals surface area contributed by atoms with Crippen molar-refractivity contribution in [2.75, 3.05) is 12.4 Å². The lowest BCUT2D eigenvalue weighted by molar-refractivity contribution is 0.102. The van der Waals surface area contributed by atoms with Crippen LogP contribution in [0.3, 0.4) is 0 Å². The molecule has 1 N–H and O–H groups in total. The first kappa shape index (κ1) is 20.0. The summed E-state index contributed by atoms with van der Waals surface area (Å²) in [6.45, 7) is 1.81. The zero-order chi connectivity index (χ0) is 22.1. The van der Waals surface area contributed by atoms with Gasteiger partial charge in [-0.25, -0.2) is 4.68 Å². The summed E-state index contributed by atoms with van der Waals surface area (Å²) in [5.41, 5.74) is 3.43. The normalized spacial score (nSPS) is 13.6. The van der Waals surface area contributed by atoms with E-state index >= 15 is 0 Å². The van der Waals surface area contributed by atoms with Gasteiger partial charge in [0.05, 0.1) is 29.7 Å². The molecule has 0 bridgehead atoms. The summed E-state index contributed by atoms with van der Waals surface area (Å²) in [5, 5.41) is 11.5. The van der Waals surface area contributed by atoms with E-state index < -0.39 is 0 Å². The van der Waals surface area contributed by atoms with E-state index in [-0.39, 0.29) is 5.91 Å². The van der Waals surface area contributed by atoms with Gasteiger partial charge in [-0.15, -0.1) is 0 Å². The SMILES string of the molecule is COc1ccccc1NC(=O)c1cn(-c2ccc(-c3noc(C4CCC4)n3)cc2)nc1C. The highest BCUT2D eigenvalue weighted by atomic mass is 16.5. The van der Waals surface area contributed by atoms with E-state index in [9.17, 15) is 4.79 Å². The number of nitrogens with zero attached hydrogens (tertiary/aromatic N) is 4. The van der Waals surface area contributed by atoms with Gasteiger partial charge >= 0.3 is 0 Å². The molecular formula is C24H23N5O3. The monoisotopic (exact) mass is 429 g/mol. The molecule has 1 aliphatic rings. The van der Waals surface area contributed by atoms with Crippen LogP contribution in [0.1, 0.15) is 47.1 Å². The maximum atomic E-state index is 12.8. The first-order valence-corrected chi connectivity index (χ1v) is 10.6. The van der Waals surface area contributed by atoms with Crippen LogP contribution < -0.4 is 10.1 Å². The Morgan fingerprint density at radius 2 is 1.94 bits per heavy atom. The van der Waals surface area contributed by atoms with Crippen LogP contribution in [0.2, 0.25) is 0 Å². The first-order chi connectivity index (χ1) is 15.6. The number of rotatable bonds is 6. The molecule has 0 aliphatic heterocycles. The summed E-state index contributed by atoms with van der Waals surface area (Å²) in [5.74, 6) is 2.08. The minimum Gasteiger partial charge on any atom is -0.495 e. The minimum atomic E-state index is -0.245. The fourth-order valence-electron chi connectivity index (χ4n) is 3.69. The van der Waals surface area contributed by atoms with Gasteiger partial charge in [-0.3, -0.25) is 4.79 Å². The number of para-hydroxylation sites is 2. The Labute approximate surface area is 185 Å². The Hall–Kier alpha value is -3.94. The van der Waals surface area contributed by atoms with Crippen LogP contribution in [0, 0.1) is 6.92 Å². The van der Waals surface area contributed by atoms with Crippen molar-refractivity contribution in [1.29, 1.82) is 0 Å². The molecule has 1 saturated carbocycles. The lowest BCUT2D eigenvalue weighted by atomic mass is 9.85. The van der Waals surface area contributed by atoms with Crippen LogP contribution in [0.25, 0.3) is 17.1 Å². The highest BCUT2D eigenvalue weighted by Gasteiger charge is 2.25. The fraction of sp³-hybridized carbons (Fsp3) is 0.250. The van der Waals surface area contributed by atoms with Crippen LogP contribution >= 0.6 is 0 Å². The van der Waals surface area contributed by atoms with E-state index in [1.54, 1.807) is 30.1 Å². The van der Waals surface area contributed by atoms with Gasteiger partial charge in [-0.1, -0.05) is 23.7 Å². The molecule has 1 fully saturated rings. The lowest BCUT2D eigenvalue weighted by Crippen LogP contribution is -2.13. The van der Waals surface area contributed by atoms with Crippen LogP contribution in [0.5, 0.6) is 5.75 Å². The number of benzene rings is 2. The summed E-state index contributed by atoms with van der Waals surface area (Å²) in [4.78, 5) is 17.4. The van der Waals surface area contributed by atoms with Gasteiger partial charge in [0.1, 0.15) is 5.75 Å². The Bertz CT molecular complexity index is 1250. The number of nitrogens with one attached hydrogen (secondary N) is 1. The smallest absolute Gasteiger partial charge is 0.259 e. The molecule has 2 aromatic carbocycles. The summed E-state index contributed by atoms with van der Waals surface area (Å²) in [6, 6.07) is 15.0. The molecule has 1 aliphatic carbocycles. The van der Waals surface area contributed by atoms with Gasteiger partial charge in [-0.05, 0) is 56.2 Å². The van der Waals surface area contributed by atoms with Crippen LogP contribution in [-0.4, -0.2) is 32.9 Å². The number of amides is 1. The van der Waals surface area contributed by atoms with Crippen molar-refractivity contribution in [2.45, 2.75) is 32.1 Å². The summed E-state index contributed by atoms with van der Waals surface area (Å²) in [7, 11) is 1.57. The molecule has 0 radical (unpaired) electrons. The number of ether oxygens (including phenoxy) is 1. The number of anilines is 1. The molecule has 4 aromatic rings. The molecule has 8 nitrogen and oxygen atoms in total. The molecule has 1 amide bonds. The van der Waals surface area contributed by atoms with E-state index in [2.05, 4.69) is 20.6 Å². The van der Waals surface area contributed by atoms with E-state index in [0.717, 1.165) is 30.0 Å². The van der Waals surface area contributed by atoms with Crippen molar-refractivity contribution in [2.24, 2.45) is 0 Å². The van der Waals surface area contributed by atoms with Crippen LogP contribution in [0.15, 0.2) is 59.3 Å². The number of carbonyl (C=O) groups excluding carboxylic acids is 1. The average Bonchev–Trinajstić information content (AvgIpc) is 3.40. The Kier molecular flexibility index (Phi) is 5.18. The predicted octanol–water partition coefficient (Wildman–Crippen LogP) is 4.76. The number of hydrogen-bond donors (Lipinski definition) is 1. The third-order valence-electron chi connectivity index (χ3n) is 5.78. The molecule has 2 heterocycles. The molecule has 0 atom stereocenters. The molecule has 32 heavy (non-hydrogen) atoms. The standard InChI is InChI=1S/C24H23N5O3/c1-15-19(23(30)25-20-8-3-4-9-21(20)31-2)14-29(27-15)18-12-10-16(11-13-18)22-26-24(32-28-22)17-6-5-7-17/h3-4,8-14,17H,5-7H2,1-2H3,(H,25,30). The van der Waals surface area contributed by atoms with E-state index in [0.29, 0.717) is 34.4 Å². The van der Waals surface area contributed by atoms with E-state index in [1.165, 1.54) is 6.42 Å². The maximum absolute atomic E-state index is 12.8. The van der Waals surface area contributed by atoms with Gasteiger partial charge in [0.15, 0.2) is 0 Å². The van der Waals surface area contributed by atoms with Gasteiger partial charge in [0.2, 0.25) is 11.7 Å². The molecule has 0 spiro atoms. The Morgan fingerprint density at radius 3 is 2.66 bits per heavy atom. The number of hydrogen-bond acceptors (Lipinski definition) is 6. The highest BCUT2D eigenvalue weighted by molar-refractivity contribution is 6.05. The summed E-state index contributed by atoms with van der Waals surface area (Å²) < 4.78 is 12.4. The van der Waals surface area contributed by atoms with Crippen molar-refractivity contribution >= 4 is 11.6 Å². The van der Waals surface area contributed by atoms with Crippen molar-refractivity contribution in [3.8, 4) is 22.8 Å². The third kappa shape index (κ3) is 3.75. The first-order valence-electron chi connectivity index (χ1n) is 10.6. The largest absolute Gasteiger partial charge is 0.495 e. The van der Waals surface area contributed by atoms with Crippen molar-refractivity contribution in [1.82, 2.24) is 19.9 Å². The lowest BCUT2D eigenvalue weighted by Gasteiger charge is -2.20. The number of aromatic nitrogens is 4. The van der Waals surface area contributed by atoms with Gasteiger partial charge < -0.3 is 14.6 Å². The second kappa shape index (κ2) is 8.30. The number of methoxy groups -OCH3 is 1. The molecule has 162 valence electrons. The molecule has 8 heteroatoms. The Balaban J connectivity index is 1.34. The molecule has 2 aromatic heterocycles. The van der Waals surface area contributed by atoms with Gasteiger partial charge in [-0.2, -0.15) is 10.1 Å². The third-order valence-corrected chi connectivity index (χ3v) is 5.78. The minimum absolute atomic E-state index is 0.245. The summed E-state index contributed by atoms with van der Waals surface area (Å²) >= 11 is 0. The zero-order valence-electron chi connectivity index (χ0n) is 17.9. The molecule has 5 rings (SSSR count). The number of carbonyl (C=O) groups is 1. The predicted molar refractivity (Wildman–Crippen MR) is 119 cm³/mol. The quantitative estimate of drug-likeness (QED) is 0.475. The highest BCUT2D eigenvalue weighted by Crippen LogP contribution is 2.36.